The van der Waals surface area contributed by atoms with Crippen molar-refractivity contribution in [3.63, 3.8) is 0 Å². The minimum atomic E-state index is -0.0541. The van der Waals surface area contributed by atoms with Gasteiger partial charge in [0.15, 0.2) is 0 Å². The van der Waals surface area contributed by atoms with E-state index in [-0.39, 0.29) is 11.9 Å². The van der Waals surface area contributed by atoms with Gasteiger partial charge in [-0.15, -0.1) is 0 Å². The van der Waals surface area contributed by atoms with Crippen molar-refractivity contribution in [3.8, 4) is 5.75 Å². The largest absolute Gasteiger partial charge is 0.497 e. The van der Waals surface area contributed by atoms with E-state index < -0.39 is 0 Å². The number of hydrogen-bond donors (Lipinski definition) is 2. The van der Waals surface area contributed by atoms with E-state index in [4.69, 9.17) is 4.74 Å². The SMILES string of the molecule is COc1cccc(NC2CCN(C(C)C(=O)NCC(C)C)CC2)c1. The van der Waals surface area contributed by atoms with E-state index in [2.05, 4.69) is 35.4 Å². The molecule has 0 aromatic heterocycles. The molecule has 1 aliphatic heterocycles. The molecule has 134 valence electrons. The zero-order valence-electron chi connectivity index (χ0n) is 15.3. The molecule has 0 aliphatic carbocycles. The third-order valence-corrected chi connectivity index (χ3v) is 4.58. The number of carbonyl (C=O) groups is 1. The highest BCUT2D eigenvalue weighted by atomic mass is 16.5. The topological polar surface area (TPSA) is 53.6 Å². The van der Waals surface area contributed by atoms with Gasteiger partial charge in [0, 0.05) is 37.4 Å². The molecule has 5 nitrogen and oxygen atoms in total. The quantitative estimate of drug-likeness (QED) is 0.806. The lowest BCUT2D eigenvalue weighted by atomic mass is 10.0. The summed E-state index contributed by atoms with van der Waals surface area (Å²) in [5.41, 5.74) is 1.09. The number of hydrogen-bond acceptors (Lipinski definition) is 4. The highest BCUT2D eigenvalue weighted by Gasteiger charge is 2.26. The molecule has 1 fully saturated rings. The van der Waals surface area contributed by atoms with Crippen LogP contribution in [0.4, 0.5) is 5.69 Å². The van der Waals surface area contributed by atoms with Gasteiger partial charge in [0.2, 0.25) is 5.91 Å². The molecule has 2 N–H and O–H groups in total. The molecule has 1 saturated heterocycles. The molecule has 1 aliphatic rings. The molecule has 1 atom stereocenters. The predicted molar refractivity (Wildman–Crippen MR) is 98.5 cm³/mol. The third kappa shape index (κ3) is 5.41. The monoisotopic (exact) mass is 333 g/mol. The summed E-state index contributed by atoms with van der Waals surface area (Å²) < 4.78 is 5.27. The Bertz CT molecular complexity index is 525. The maximum atomic E-state index is 12.2. The van der Waals surface area contributed by atoms with Crippen molar-refractivity contribution in [2.75, 3.05) is 32.1 Å². The fraction of sp³-hybridized carbons (Fsp3) is 0.632. The van der Waals surface area contributed by atoms with E-state index >= 15 is 0 Å². The summed E-state index contributed by atoms with van der Waals surface area (Å²) in [5, 5.41) is 6.61. The summed E-state index contributed by atoms with van der Waals surface area (Å²) in [7, 11) is 1.68. The molecule has 1 aromatic carbocycles. The molecule has 1 amide bonds. The minimum Gasteiger partial charge on any atom is -0.497 e. The van der Waals surface area contributed by atoms with Gasteiger partial charge in [-0.25, -0.2) is 0 Å². The second-order valence-electron chi connectivity index (χ2n) is 7.00. The lowest BCUT2D eigenvalue weighted by molar-refractivity contribution is -0.126. The Morgan fingerprint density at radius 1 is 1.29 bits per heavy atom. The van der Waals surface area contributed by atoms with E-state index in [0.29, 0.717) is 12.0 Å². The number of likely N-dealkylation sites (tertiary alicyclic amines) is 1. The Balaban J connectivity index is 1.79. The highest BCUT2D eigenvalue weighted by Crippen LogP contribution is 2.21. The number of anilines is 1. The molecule has 0 bridgehead atoms. The fourth-order valence-electron chi connectivity index (χ4n) is 3.00. The highest BCUT2D eigenvalue weighted by molar-refractivity contribution is 5.81. The molecular weight excluding hydrogens is 302 g/mol. The lowest BCUT2D eigenvalue weighted by Gasteiger charge is -2.36. The van der Waals surface area contributed by atoms with Gasteiger partial charge in [0.1, 0.15) is 5.75 Å². The van der Waals surface area contributed by atoms with Crippen LogP contribution in [0.5, 0.6) is 5.75 Å². The van der Waals surface area contributed by atoms with E-state index in [1.54, 1.807) is 7.11 Å². The summed E-state index contributed by atoms with van der Waals surface area (Å²) in [6, 6.07) is 8.43. The van der Waals surface area contributed by atoms with Crippen LogP contribution in [0.2, 0.25) is 0 Å². The summed E-state index contributed by atoms with van der Waals surface area (Å²) in [5.74, 6) is 1.50. The van der Waals surface area contributed by atoms with Gasteiger partial charge < -0.3 is 15.4 Å². The van der Waals surface area contributed by atoms with Crippen LogP contribution in [0.25, 0.3) is 0 Å². The molecule has 1 heterocycles. The number of benzene rings is 1. The average molecular weight is 333 g/mol. The maximum Gasteiger partial charge on any atom is 0.237 e. The Kier molecular flexibility index (Phi) is 6.91. The molecular formula is C19H31N3O2. The maximum absolute atomic E-state index is 12.2. The summed E-state index contributed by atoms with van der Waals surface area (Å²) in [4.78, 5) is 14.5. The number of methoxy groups -OCH3 is 1. The van der Waals surface area contributed by atoms with Crippen molar-refractivity contribution in [1.29, 1.82) is 0 Å². The van der Waals surface area contributed by atoms with E-state index in [0.717, 1.165) is 43.9 Å². The number of ether oxygens (including phenoxy) is 1. The van der Waals surface area contributed by atoms with E-state index in [9.17, 15) is 4.79 Å². The number of rotatable bonds is 7. The fourth-order valence-corrected chi connectivity index (χ4v) is 3.00. The first-order chi connectivity index (χ1) is 11.5. The van der Waals surface area contributed by atoms with Gasteiger partial charge in [-0.1, -0.05) is 19.9 Å². The summed E-state index contributed by atoms with van der Waals surface area (Å²) in [6.07, 6.45) is 2.08. The van der Waals surface area contributed by atoms with Gasteiger partial charge in [0.05, 0.1) is 13.2 Å². The second-order valence-corrected chi connectivity index (χ2v) is 7.00. The molecule has 0 radical (unpaired) electrons. The molecule has 5 heteroatoms. The molecule has 0 saturated carbocycles. The average Bonchev–Trinajstić information content (AvgIpc) is 2.59. The molecule has 24 heavy (non-hydrogen) atoms. The molecule has 1 unspecified atom stereocenters. The predicted octanol–water partition coefficient (Wildman–Crippen LogP) is 2.73. The van der Waals surface area contributed by atoms with Crippen LogP contribution in [0.3, 0.4) is 0 Å². The molecule has 1 aromatic rings. The van der Waals surface area contributed by atoms with Crippen molar-refractivity contribution in [1.82, 2.24) is 10.2 Å². The molecule has 2 rings (SSSR count). The Morgan fingerprint density at radius 2 is 2.00 bits per heavy atom. The van der Waals surface area contributed by atoms with E-state index in [1.165, 1.54) is 0 Å². The van der Waals surface area contributed by atoms with Crippen molar-refractivity contribution in [3.05, 3.63) is 24.3 Å². The first-order valence-electron chi connectivity index (χ1n) is 8.92. The van der Waals surface area contributed by atoms with Gasteiger partial charge >= 0.3 is 0 Å². The Morgan fingerprint density at radius 3 is 2.62 bits per heavy atom. The number of carbonyl (C=O) groups excluding carboxylic acids is 1. The first kappa shape index (κ1) is 18.6. The second kappa shape index (κ2) is 8.92. The minimum absolute atomic E-state index is 0.0541. The van der Waals surface area contributed by atoms with Crippen LogP contribution in [-0.2, 0) is 4.79 Å². The lowest BCUT2D eigenvalue weighted by Crippen LogP contribution is -2.50. The number of nitrogens with zero attached hydrogens (tertiary/aromatic N) is 1. The van der Waals surface area contributed by atoms with Gasteiger partial charge in [-0.05, 0) is 37.8 Å². The van der Waals surface area contributed by atoms with Crippen molar-refractivity contribution >= 4 is 11.6 Å². The smallest absolute Gasteiger partial charge is 0.237 e. The summed E-state index contributed by atoms with van der Waals surface area (Å²) >= 11 is 0. The van der Waals surface area contributed by atoms with Crippen molar-refractivity contribution in [2.24, 2.45) is 5.92 Å². The van der Waals surface area contributed by atoms with Crippen molar-refractivity contribution in [2.45, 2.75) is 45.7 Å². The Labute approximate surface area is 145 Å². The van der Waals surface area contributed by atoms with E-state index in [1.807, 2.05) is 25.1 Å². The third-order valence-electron chi connectivity index (χ3n) is 4.58. The van der Waals surface area contributed by atoms with Gasteiger partial charge in [-0.3, -0.25) is 9.69 Å². The van der Waals surface area contributed by atoms with Crippen LogP contribution in [0.1, 0.15) is 33.6 Å². The Hall–Kier alpha value is -1.75. The molecule has 0 spiro atoms. The van der Waals surface area contributed by atoms with Crippen LogP contribution in [0.15, 0.2) is 24.3 Å². The normalized spacial score (nSPS) is 17.5. The zero-order valence-corrected chi connectivity index (χ0v) is 15.3. The van der Waals surface area contributed by atoms with Gasteiger partial charge in [0.25, 0.3) is 0 Å². The number of amides is 1. The number of piperidine rings is 1. The van der Waals surface area contributed by atoms with Crippen LogP contribution in [-0.4, -0.2) is 49.6 Å². The standard InChI is InChI=1S/C19H31N3O2/c1-14(2)13-20-19(23)15(3)22-10-8-16(9-11-22)21-17-6-5-7-18(12-17)24-4/h5-7,12,14-16,21H,8-11,13H2,1-4H3,(H,20,23). The van der Waals surface area contributed by atoms with Gasteiger partial charge in [-0.2, -0.15) is 0 Å². The van der Waals surface area contributed by atoms with Crippen LogP contribution in [0, 0.1) is 5.92 Å². The summed E-state index contributed by atoms with van der Waals surface area (Å²) in [6.45, 7) is 8.86. The number of nitrogens with one attached hydrogen (secondary N) is 2. The first-order valence-corrected chi connectivity index (χ1v) is 8.92. The van der Waals surface area contributed by atoms with Crippen LogP contribution >= 0.6 is 0 Å². The van der Waals surface area contributed by atoms with Crippen molar-refractivity contribution < 1.29 is 9.53 Å². The van der Waals surface area contributed by atoms with Crippen LogP contribution < -0.4 is 15.4 Å². The zero-order chi connectivity index (χ0) is 17.5.